The van der Waals surface area contributed by atoms with Crippen LogP contribution in [0.2, 0.25) is 0 Å². The first-order valence-corrected chi connectivity index (χ1v) is 4.83. The first-order valence-electron chi connectivity index (χ1n) is 3.61. The molecule has 0 radical (unpaired) electrons. The first kappa shape index (κ1) is 10.2. The fraction of sp³-hybridized carbons (Fsp3) is 0.222. The predicted octanol–water partition coefficient (Wildman–Crippen LogP) is 2.89. The molecule has 0 aliphatic carbocycles. The summed E-state index contributed by atoms with van der Waals surface area (Å²) in [6.45, 7) is 1.20. The number of carbonyl (C=O) groups is 1. The maximum absolute atomic E-state index is 13.1. The third kappa shape index (κ3) is 1.88. The highest BCUT2D eigenvalue weighted by atomic mass is 32.2. The Morgan fingerprint density at radius 2 is 1.92 bits per heavy atom. The summed E-state index contributed by atoms with van der Waals surface area (Å²) in [7, 11) is 0. The largest absolute Gasteiger partial charge is 0.294 e. The van der Waals surface area contributed by atoms with Crippen molar-refractivity contribution in [3.05, 3.63) is 29.3 Å². The van der Waals surface area contributed by atoms with Gasteiger partial charge in [-0.1, -0.05) is 0 Å². The fourth-order valence-corrected chi connectivity index (χ4v) is 1.43. The highest BCUT2D eigenvalue weighted by Gasteiger charge is 2.14. The minimum atomic E-state index is -1.06. The topological polar surface area (TPSA) is 17.1 Å². The number of benzene rings is 1. The number of ketones is 1. The zero-order chi connectivity index (χ0) is 10.0. The molecule has 13 heavy (non-hydrogen) atoms. The molecule has 1 nitrogen and oxygen atoms in total. The summed E-state index contributed by atoms with van der Waals surface area (Å²) in [6.07, 6.45) is 1.64. The zero-order valence-corrected chi connectivity index (χ0v) is 8.04. The summed E-state index contributed by atoms with van der Waals surface area (Å²) in [5, 5.41) is 0. The average molecular weight is 202 g/mol. The van der Waals surface area contributed by atoms with Gasteiger partial charge in [0.25, 0.3) is 0 Å². The minimum Gasteiger partial charge on any atom is -0.294 e. The van der Waals surface area contributed by atoms with Gasteiger partial charge in [0.15, 0.2) is 17.4 Å². The van der Waals surface area contributed by atoms with Crippen molar-refractivity contribution in [3.8, 4) is 0 Å². The second kappa shape index (κ2) is 3.87. The molecular weight excluding hydrogens is 194 g/mol. The Balaban J connectivity index is 3.31. The lowest BCUT2D eigenvalue weighted by atomic mass is 10.1. The minimum absolute atomic E-state index is 0.199. The second-order valence-corrected chi connectivity index (χ2v) is 3.35. The molecule has 0 unspecified atom stereocenters. The van der Waals surface area contributed by atoms with Gasteiger partial charge in [-0.3, -0.25) is 4.79 Å². The number of carbonyl (C=O) groups excluding carboxylic acids is 1. The molecular formula is C9H8F2OS. The van der Waals surface area contributed by atoms with Crippen molar-refractivity contribution in [1.82, 2.24) is 0 Å². The monoisotopic (exact) mass is 202 g/mol. The van der Waals surface area contributed by atoms with Gasteiger partial charge in [0.05, 0.1) is 5.56 Å². The van der Waals surface area contributed by atoms with Crippen LogP contribution in [0.1, 0.15) is 17.3 Å². The van der Waals surface area contributed by atoms with E-state index in [1.807, 2.05) is 0 Å². The number of hydrogen-bond acceptors (Lipinski definition) is 2. The average Bonchev–Trinajstić information content (AvgIpc) is 2.09. The number of Topliss-reactive ketones (excluding diaryl/α,β-unsaturated/α-hetero) is 1. The van der Waals surface area contributed by atoms with Crippen molar-refractivity contribution in [3.63, 3.8) is 0 Å². The van der Waals surface area contributed by atoms with Crippen LogP contribution in [-0.4, -0.2) is 12.0 Å². The van der Waals surface area contributed by atoms with Crippen LogP contribution in [0, 0.1) is 11.6 Å². The lowest BCUT2D eigenvalue weighted by molar-refractivity contribution is 0.101. The number of halogens is 2. The quantitative estimate of drug-likeness (QED) is 0.541. The highest BCUT2D eigenvalue weighted by Crippen LogP contribution is 2.23. The van der Waals surface area contributed by atoms with Gasteiger partial charge in [-0.15, -0.1) is 11.8 Å². The molecule has 0 aliphatic heterocycles. The van der Waals surface area contributed by atoms with E-state index in [2.05, 4.69) is 0 Å². The number of hydrogen-bond donors (Lipinski definition) is 0. The van der Waals surface area contributed by atoms with E-state index in [-0.39, 0.29) is 10.5 Å². The van der Waals surface area contributed by atoms with Gasteiger partial charge in [0, 0.05) is 4.90 Å². The Labute approximate surface area is 79.1 Å². The molecule has 0 aliphatic rings. The molecule has 0 saturated carbocycles. The Morgan fingerprint density at radius 1 is 1.31 bits per heavy atom. The molecule has 0 atom stereocenters. The summed E-state index contributed by atoms with van der Waals surface area (Å²) >= 11 is 1.10. The summed E-state index contributed by atoms with van der Waals surface area (Å²) < 4.78 is 26.2. The molecule has 4 heteroatoms. The molecule has 0 bridgehead atoms. The predicted molar refractivity (Wildman–Crippen MR) is 48.1 cm³/mol. The van der Waals surface area contributed by atoms with E-state index in [0.29, 0.717) is 0 Å². The first-order chi connectivity index (χ1) is 6.07. The molecule has 0 heterocycles. The van der Waals surface area contributed by atoms with Crippen LogP contribution < -0.4 is 0 Å². The fourth-order valence-electron chi connectivity index (χ4n) is 0.961. The van der Waals surface area contributed by atoms with Crippen molar-refractivity contribution in [2.45, 2.75) is 11.8 Å². The maximum Gasteiger partial charge on any atom is 0.173 e. The molecule has 1 rings (SSSR count). The van der Waals surface area contributed by atoms with Crippen LogP contribution >= 0.6 is 11.8 Å². The third-order valence-electron chi connectivity index (χ3n) is 1.65. The Bertz CT molecular complexity index is 350. The van der Waals surface area contributed by atoms with E-state index in [1.165, 1.54) is 19.1 Å². The molecule has 1 aromatic rings. The summed E-state index contributed by atoms with van der Waals surface area (Å²) in [5.41, 5.74) is -0.199. The smallest absolute Gasteiger partial charge is 0.173 e. The Hall–Kier alpha value is -0.900. The van der Waals surface area contributed by atoms with Gasteiger partial charge in [0.2, 0.25) is 0 Å². The van der Waals surface area contributed by atoms with Crippen LogP contribution in [0.3, 0.4) is 0 Å². The molecule has 0 aromatic heterocycles. The standard InChI is InChI=1S/C9H8F2OS/c1-5(12)6-3-4-7(13-2)9(11)8(6)10/h3-4H,1-2H3. The molecule has 0 N–H and O–H groups in total. The normalized spacial score (nSPS) is 10.2. The van der Waals surface area contributed by atoms with Crippen LogP contribution in [0.5, 0.6) is 0 Å². The second-order valence-electron chi connectivity index (χ2n) is 2.50. The van der Waals surface area contributed by atoms with Gasteiger partial charge >= 0.3 is 0 Å². The van der Waals surface area contributed by atoms with Gasteiger partial charge in [-0.25, -0.2) is 8.78 Å². The summed E-state index contributed by atoms with van der Waals surface area (Å²) in [4.78, 5) is 11.0. The SMILES string of the molecule is CSc1ccc(C(C)=O)c(F)c1F. The van der Waals surface area contributed by atoms with Crippen molar-refractivity contribution in [2.75, 3.05) is 6.26 Å². The Kier molecular flexibility index (Phi) is 3.03. The van der Waals surface area contributed by atoms with E-state index < -0.39 is 17.4 Å². The summed E-state index contributed by atoms with van der Waals surface area (Å²) in [5.74, 6) is -2.47. The van der Waals surface area contributed by atoms with Crippen LogP contribution in [0.4, 0.5) is 8.78 Å². The van der Waals surface area contributed by atoms with E-state index in [4.69, 9.17) is 0 Å². The molecule has 0 spiro atoms. The van der Waals surface area contributed by atoms with Gasteiger partial charge in [0.1, 0.15) is 0 Å². The summed E-state index contributed by atoms with van der Waals surface area (Å²) in [6, 6.07) is 2.70. The zero-order valence-electron chi connectivity index (χ0n) is 7.23. The van der Waals surface area contributed by atoms with Crippen molar-refractivity contribution < 1.29 is 13.6 Å². The Morgan fingerprint density at radius 3 is 2.38 bits per heavy atom. The third-order valence-corrected chi connectivity index (χ3v) is 2.40. The lowest BCUT2D eigenvalue weighted by Gasteiger charge is -2.03. The molecule has 0 amide bonds. The van der Waals surface area contributed by atoms with E-state index in [0.717, 1.165) is 11.8 Å². The maximum atomic E-state index is 13.1. The molecule has 0 saturated heterocycles. The van der Waals surface area contributed by atoms with E-state index in [1.54, 1.807) is 6.26 Å². The lowest BCUT2D eigenvalue weighted by Crippen LogP contribution is -2.00. The number of thioether (sulfide) groups is 1. The van der Waals surface area contributed by atoms with Gasteiger partial charge in [-0.05, 0) is 25.3 Å². The van der Waals surface area contributed by atoms with Gasteiger partial charge < -0.3 is 0 Å². The molecule has 70 valence electrons. The van der Waals surface area contributed by atoms with Gasteiger partial charge in [-0.2, -0.15) is 0 Å². The van der Waals surface area contributed by atoms with Crippen molar-refractivity contribution in [1.29, 1.82) is 0 Å². The molecule has 0 fully saturated rings. The van der Waals surface area contributed by atoms with E-state index in [9.17, 15) is 13.6 Å². The van der Waals surface area contributed by atoms with Crippen LogP contribution in [0.15, 0.2) is 17.0 Å². The van der Waals surface area contributed by atoms with E-state index >= 15 is 0 Å². The van der Waals surface area contributed by atoms with Crippen molar-refractivity contribution >= 4 is 17.5 Å². The highest BCUT2D eigenvalue weighted by molar-refractivity contribution is 7.98. The number of rotatable bonds is 2. The molecule has 1 aromatic carbocycles. The van der Waals surface area contributed by atoms with Crippen LogP contribution in [-0.2, 0) is 0 Å². The van der Waals surface area contributed by atoms with Crippen LogP contribution in [0.25, 0.3) is 0 Å². The van der Waals surface area contributed by atoms with Crippen molar-refractivity contribution in [2.24, 2.45) is 0 Å².